The van der Waals surface area contributed by atoms with Gasteiger partial charge in [0.15, 0.2) is 11.5 Å². The van der Waals surface area contributed by atoms with Gasteiger partial charge in [-0.3, -0.25) is 4.79 Å². The lowest BCUT2D eigenvalue weighted by Gasteiger charge is -2.31. The van der Waals surface area contributed by atoms with E-state index in [1.807, 2.05) is 13.8 Å². The molecule has 116 valence electrons. The molecule has 0 fully saturated rings. The molecule has 0 radical (unpaired) electrons. The Balaban J connectivity index is 2.25. The molecule has 1 aromatic carbocycles. The second-order valence-electron chi connectivity index (χ2n) is 5.08. The number of aliphatic hydroxyl groups is 1. The van der Waals surface area contributed by atoms with Gasteiger partial charge in [0.1, 0.15) is 13.2 Å². The number of hydrogen-bond acceptors (Lipinski definition) is 4. The van der Waals surface area contributed by atoms with Gasteiger partial charge in [-0.25, -0.2) is 0 Å². The van der Waals surface area contributed by atoms with Crippen LogP contribution in [0.4, 0.5) is 0 Å². The number of fused-ring (bicyclic) bond motifs is 1. The second-order valence-corrected chi connectivity index (χ2v) is 5.49. The number of hydrogen-bond donors (Lipinski definition) is 2. The molecule has 0 aliphatic carbocycles. The molecule has 1 aliphatic rings. The van der Waals surface area contributed by atoms with Crippen LogP contribution >= 0.6 is 11.6 Å². The summed E-state index contributed by atoms with van der Waals surface area (Å²) >= 11 is 6.13. The minimum Gasteiger partial charge on any atom is -0.486 e. The van der Waals surface area contributed by atoms with Crippen molar-refractivity contribution in [3.63, 3.8) is 0 Å². The van der Waals surface area contributed by atoms with Crippen molar-refractivity contribution in [2.24, 2.45) is 0 Å². The van der Waals surface area contributed by atoms with Gasteiger partial charge in [-0.2, -0.15) is 0 Å². The number of aliphatic hydroxyl groups excluding tert-OH is 1. The standard InChI is InChI=1S/C15H20ClNO4/c1-3-15(4-2,9-18)17-14(19)10-7-11(16)13-12(8-10)20-5-6-21-13/h7-8,18H,3-6,9H2,1-2H3,(H,17,19). The van der Waals surface area contributed by atoms with E-state index < -0.39 is 5.54 Å². The van der Waals surface area contributed by atoms with Gasteiger partial charge in [0, 0.05) is 5.56 Å². The predicted molar refractivity (Wildman–Crippen MR) is 80.3 cm³/mol. The molecule has 21 heavy (non-hydrogen) atoms. The van der Waals surface area contributed by atoms with E-state index in [9.17, 15) is 9.90 Å². The largest absolute Gasteiger partial charge is 0.486 e. The minimum atomic E-state index is -0.614. The summed E-state index contributed by atoms with van der Waals surface area (Å²) in [6.07, 6.45) is 1.29. The highest BCUT2D eigenvalue weighted by atomic mass is 35.5. The van der Waals surface area contributed by atoms with Crippen LogP contribution < -0.4 is 14.8 Å². The van der Waals surface area contributed by atoms with E-state index in [4.69, 9.17) is 21.1 Å². The monoisotopic (exact) mass is 313 g/mol. The lowest BCUT2D eigenvalue weighted by molar-refractivity contribution is 0.0817. The molecule has 6 heteroatoms. The molecule has 0 saturated heterocycles. The molecule has 2 N–H and O–H groups in total. The molecule has 0 atom stereocenters. The van der Waals surface area contributed by atoms with Crippen LogP contribution in [-0.4, -0.2) is 36.4 Å². The Labute approximate surface area is 129 Å². The van der Waals surface area contributed by atoms with Crippen molar-refractivity contribution in [3.8, 4) is 11.5 Å². The maximum absolute atomic E-state index is 12.4. The van der Waals surface area contributed by atoms with Crippen molar-refractivity contribution in [2.75, 3.05) is 19.8 Å². The fraction of sp³-hybridized carbons (Fsp3) is 0.533. The van der Waals surface area contributed by atoms with Crippen LogP contribution in [0.5, 0.6) is 11.5 Å². The molecule has 5 nitrogen and oxygen atoms in total. The van der Waals surface area contributed by atoms with Gasteiger partial charge in [0.05, 0.1) is 17.2 Å². The normalized spacial score (nSPS) is 13.9. The first-order valence-electron chi connectivity index (χ1n) is 7.07. The number of rotatable bonds is 5. The molecular formula is C15H20ClNO4. The maximum atomic E-state index is 12.4. The smallest absolute Gasteiger partial charge is 0.251 e. The SMILES string of the molecule is CCC(CC)(CO)NC(=O)c1cc(Cl)c2c(c1)OCCO2. The Morgan fingerprint density at radius 1 is 1.33 bits per heavy atom. The van der Waals surface area contributed by atoms with Gasteiger partial charge < -0.3 is 19.9 Å². The molecule has 2 rings (SSSR count). The Morgan fingerprint density at radius 2 is 2.00 bits per heavy atom. The van der Waals surface area contributed by atoms with E-state index in [-0.39, 0.29) is 12.5 Å². The summed E-state index contributed by atoms with van der Waals surface area (Å²) in [4.78, 5) is 12.4. The summed E-state index contributed by atoms with van der Waals surface area (Å²) in [6.45, 7) is 4.62. The van der Waals surface area contributed by atoms with Crippen molar-refractivity contribution in [1.82, 2.24) is 5.32 Å². The second kappa shape index (κ2) is 6.54. The van der Waals surface area contributed by atoms with E-state index >= 15 is 0 Å². The molecule has 1 amide bonds. The van der Waals surface area contributed by atoms with Crippen LogP contribution in [-0.2, 0) is 0 Å². The zero-order chi connectivity index (χ0) is 15.5. The first-order valence-corrected chi connectivity index (χ1v) is 7.45. The van der Waals surface area contributed by atoms with Crippen LogP contribution in [0.15, 0.2) is 12.1 Å². The van der Waals surface area contributed by atoms with Gasteiger partial charge >= 0.3 is 0 Å². The number of carbonyl (C=O) groups is 1. The van der Waals surface area contributed by atoms with Gasteiger partial charge in [0.2, 0.25) is 0 Å². The van der Waals surface area contributed by atoms with Crippen LogP contribution in [0.3, 0.4) is 0 Å². The fourth-order valence-corrected chi connectivity index (χ4v) is 2.51. The first-order chi connectivity index (χ1) is 10.0. The highest BCUT2D eigenvalue weighted by molar-refractivity contribution is 6.32. The molecular weight excluding hydrogens is 294 g/mol. The number of halogens is 1. The quantitative estimate of drug-likeness (QED) is 0.876. The maximum Gasteiger partial charge on any atom is 0.251 e. The highest BCUT2D eigenvalue weighted by Gasteiger charge is 2.28. The van der Waals surface area contributed by atoms with Crippen LogP contribution in [0, 0.1) is 0 Å². The van der Waals surface area contributed by atoms with E-state index in [1.165, 1.54) is 0 Å². The van der Waals surface area contributed by atoms with Gasteiger partial charge in [-0.1, -0.05) is 25.4 Å². The Kier molecular flexibility index (Phi) is 4.96. The Bertz CT molecular complexity index is 520. The van der Waals surface area contributed by atoms with Gasteiger partial charge in [-0.05, 0) is 25.0 Å². The van der Waals surface area contributed by atoms with Gasteiger partial charge in [0.25, 0.3) is 5.91 Å². The number of benzene rings is 1. The molecule has 1 aliphatic heterocycles. The van der Waals surface area contributed by atoms with E-state index in [2.05, 4.69) is 5.32 Å². The third-order valence-electron chi connectivity index (χ3n) is 3.89. The van der Waals surface area contributed by atoms with E-state index in [0.29, 0.717) is 48.1 Å². The Morgan fingerprint density at radius 3 is 2.62 bits per heavy atom. The van der Waals surface area contributed by atoms with E-state index in [1.54, 1.807) is 12.1 Å². The summed E-state index contributed by atoms with van der Waals surface area (Å²) in [6, 6.07) is 3.17. The third kappa shape index (κ3) is 3.24. The third-order valence-corrected chi connectivity index (χ3v) is 4.17. The van der Waals surface area contributed by atoms with Gasteiger partial charge in [-0.15, -0.1) is 0 Å². The molecule has 1 aromatic rings. The van der Waals surface area contributed by atoms with Crippen LogP contribution in [0.2, 0.25) is 5.02 Å². The average Bonchev–Trinajstić information content (AvgIpc) is 2.52. The molecule has 1 heterocycles. The molecule has 0 aromatic heterocycles. The van der Waals surface area contributed by atoms with Crippen LogP contribution in [0.25, 0.3) is 0 Å². The molecule has 0 unspecified atom stereocenters. The summed E-state index contributed by atoms with van der Waals surface area (Å²) in [5.41, 5.74) is -0.222. The topological polar surface area (TPSA) is 67.8 Å². The van der Waals surface area contributed by atoms with Crippen molar-refractivity contribution >= 4 is 17.5 Å². The lowest BCUT2D eigenvalue weighted by Crippen LogP contribution is -2.50. The summed E-state index contributed by atoms with van der Waals surface area (Å²) in [5, 5.41) is 12.8. The molecule has 0 bridgehead atoms. The lowest BCUT2D eigenvalue weighted by atomic mass is 9.93. The highest BCUT2D eigenvalue weighted by Crippen LogP contribution is 2.38. The van der Waals surface area contributed by atoms with E-state index in [0.717, 1.165) is 0 Å². The number of nitrogens with one attached hydrogen (secondary N) is 1. The fourth-order valence-electron chi connectivity index (χ4n) is 2.24. The zero-order valence-electron chi connectivity index (χ0n) is 12.2. The molecule has 0 saturated carbocycles. The minimum absolute atomic E-state index is 0.107. The van der Waals surface area contributed by atoms with Crippen molar-refractivity contribution < 1.29 is 19.4 Å². The molecule has 0 spiro atoms. The number of carbonyl (C=O) groups excluding carboxylic acids is 1. The predicted octanol–water partition coefficient (Wildman–Crippen LogP) is 2.39. The number of amides is 1. The Hall–Kier alpha value is -1.46. The van der Waals surface area contributed by atoms with Crippen molar-refractivity contribution in [1.29, 1.82) is 0 Å². The average molecular weight is 314 g/mol. The van der Waals surface area contributed by atoms with Crippen LogP contribution in [0.1, 0.15) is 37.0 Å². The first kappa shape index (κ1) is 15.9. The summed E-state index contributed by atoms with van der Waals surface area (Å²) < 4.78 is 10.9. The van der Waals surface area contributed by atoms with Crippen molar-refractivity contribution in [2.45, 2.75) is 32.2 Å². The van der Waals surface area contributed by atoms with Crippen molar-refractivity contribution in [3.05, 3.63) is 22.7 Å². The number of ether oxygens (including phenoxy) is 2. The zero-order valence-corrected chi connectivity index (χ0v) is 13.0. The summed E-state index contributed by atoms with van der Waals surface area (Å²) in [7, 11) is 0. The summed E-state index contributed by atoms with van der Waals surface area (Å²) in [5.74, 6) is 0.659.